The molecule has 4 rings (SSSR count). The lowest BCUT2D eigenvalue weighted by Crippen LogP contribution is -2.14. The maximum Gasteiger partial charge on any atom is 0.261 e. The Bertz CT molecular complexity index is 1330. The third-order valence-electron chi connectivity index (χ3n) is 5.06. The third-order valence-corrected chi connectivity index (χ3v) is 6.44. The topological polar surface area (TPSA) is 75.3 Å². The third kappa shape index (κ3) is 4.59. The van der Waals surface area contributed by atoms with Crippen LogP contribution in [0.15, 0.2) is 95.9 Å². The van der Waals surface area contributed by atoms with Gasteiger partial charge in [-0.1, -0.05) is 55.5 Å². The predicted octanol–water partition coefficient (Wildman–Crippen LogP) is 5.46. The lowest BCUT2D eigenvalue weighted by Gasteiger charge is -2.12. The van der Waals surface area contributed by atoms with Gasteiger partial charge in [0.25, 0.3) is 15.9 Å². The van der Waals surface area contributed by atoms with E-state index in [1.54, 1.807) is 60.7 Å². The van der Waals surface area contributed by atoms with Crippen molar-refractivity contribution in [3.63, 3.8) is 0 Å². The van der Waals surface area contributed by atoms with Crippen LogP contribution in [0.5, 0.6) is 0 Å². The zero-order chi connectivity index (χ0) is 21.8. The molecule has 0 aliphatic rings. The molecular weight excluding hydrogens is 408 g/mol. The van der Waals surface area contributed by atoms with Gasteiger partial charge >= 0.3 is 0 Å². The summed E-state index contributed by atoms with van der Waals surface area (Å²) in [5.41, 5.74) is 2.71. The van der Waals surface area contributed by atoms with Gasteiger partial charge in [0.2, 0.25) is 0 Å². The number of fused-ring (bicyclic) bond motifs is 1. The molecule has 0 aromatic heterocycles. The summed E-state index contributed by atoms with van der Waals surface area (Å²) in [7, 11) is -3.78. The number of hydrogen-bond donors (Lipinski definition) is 2. The van der Waals surface area contributed by atoms with Gasteiger partial charge in [0.05, 0.1) is 4.90 Å². The summed E-state index contributed by atoms with van der Waals surface area (Å²) in [5.74, 6) is -0.254. The van der Waals surface area contributed by atoms with Crippen molar-refractivity contribution in [1.29, 1.82) is 0 Å². The predicted molar refractivity (Wildman–Crippen MR) is 125 cm³/mol. The fourth-order valence-electron chi connectivity index (χ4n) is 3.33. The van der Waals surface area contributed by atoms with Crippen molar-refractivity contribution < 1.29 is 13.2 Å². The average Bonchev–Trinajstić information content (AvgIpc) is 2.80. The number of hydrogen-bond acceptors (Lipinski definition) is 3. The van der Waals surface area contributed by atoms with Gasteiger partial charge in [-0.3, -0.25) is 9.52 Å². The maximum absolute atomic E-state index is 13.0. The van der Waals surface area contributed by atoms with E-state index in [4.69, 9.17) is 0 Å². The van der Waals surface area contributed by atoms with Crippen LogP contribution in [0.4, 0.5) is 11.4 Å². The second-order valence-electron chi connectivity index (χ2n) is 7.16. The second kappa shape index (κ2) is 8.62. The highest BCUT2D eigenvalue weighted by molar-refractivity contribution is 7.92. The van der Waals surface area contributed by atoms with E-state index in [1.807, 2.05) is 37.3 Å². The van der Waals surface area contributed by atoms with Gasteiger partial charge in [-0.2, -0.15) is 0 Å². The monoisotopic (exact) mass is 430 g/mol. The van der Waals surface area contributed by atoms with Gasteiger partial charge in [-0.25, -0.2) is 8.42 Å². The highest BCUT2D eigenvalue weighted by Gasteiger charge is 2.16. The first-order valence-electron chi connectivity index (χ1n) is 9.97. The first-order chi connectivity index (χ1) is 15.0. The first kappa shape index (κ1) is 20.6. The molecule has 6 heteroatoms. The van der Waals surface area contributed by atoms with Crippen LogP contribution in [0, 0.1) is 0 Å². The number of nitrogens with one attached hydrogen (secondary N) is 2. The van der Waals surface area contributed by atoms with E-state index in [0.29, 0.717) is 22.3 Å². The Balaban J connectivity index is 1.66. The highest BCUT2D eigenvalue weighted by atomic mass is 32.2. The van der Waals surface area contributed by atoms with Gasteiger partial charge in [-0.05, 0) is 59.8 Å². The van der Waals surface area contributed by atoms with E-state index in [9.17, 15) is 13.2 Å². The Kier molecular flexibility index (Phi) is 5.73. The van der Waals surface area contributed by atoms with Crippen molar-refractivity contribution >= 4 is 38.1 Å². The molecule has 4 aromatic carbocycles. The Morgan fingerprint density at radius 1 is 0.839 bits per heavy atom. The second-order valence-corrected chi connectivity index (χ2v) is 8.85. The SMILES string of the molecule is CCc1ccc(NS(=O)(=O)c2ccc3cccc(NC(=O)c4ccccc4)c3c2)cc1. The molecule has 0 bridgehead atoms. The van der Waals surface area contributed by atoms with E-state index in [2.05, 4.69) is 10.0 Å². The Labute approximate surface area is 181 Å². The number of benzene rings is 4. The Hall–Kier alpha value is -3.64. The molecular formula is C25H22N2O3S. The minimum absolute atomic E-state index is 0.126. The molecule has 0 heterocycles. The summed E-state index contributed by atoms with van der Waals surface area (Å²) in [5, 5.41) is 4.37. The fraction of sp³-hybridized carbons (Fsp3) is 0.0800. The highest BCUT2D eigenvalue weighted by Crippen LogP contribution is 2.28. The van der Waals surface area contributed by atoms with Gasteiger partial charge in [0.15, 0.2) is 0 Å². The van der Waals surface area contributed by atoms with Crippen molar-refractivity contribution in [3.05, 3.63) is 102 Å². The number of aryl methyl sites for hydroxylation is 1. The van der Waals surface area contributed by atoms with Crippen molar-refractivity contribution in [1.82, 2.24) is 0 Å². The Morgan fingerprint density at radius 3 is 2.29 bits per heavy atom. The minimum atomic E-state index is -3.78. The summed E-state index contributed by atoms with van der Waals surface area (Å²) >= 11 is 0. The summed E-state index contributed by atoms with van der Waals surface area (Å²) in [6, 6.07) is 26.5. The van der Waals surface area contributed by atoms with Crippen molar-refractivity contribution in [3.8, 4) is 0 Å². The number of sulfonamides is 1. The summed E-state index contributed by atoms with van der Waals surface area (Å²) in [4.78, 5) is 12.7. The molecule has 0 aliphatic heterocycles. The van der Waals surface area contributed by atoms with Crippen LogP contribution in [0.2, 0.25) is 0 Å². The quantitative estimate of drug-likeness (QED) is 0.427. The smallest absolute Gasteiger partial charge is 0.261 e. The number of anilines is 2. The molecule has 31 heavy (non-hydrogen) atoms. The molecule has 4 aromatic rings. The molecule has 0 spiro atoms. The zero-order valence-corrected chi connectivity index (χ0v) is 17.8. The van der Waals surface area contributed by atoms with E-state index >= 15 is 0 Å². The molecule has 0 saturated carbocycles. The van der Waals surface area contributed by atoms with Gasteiger partial charge in [0.1, 0.15) is 0 Å². The van der Waals surface area contributed by atoms with Crippen LogP contribution < -0.4 is 10.0 Å². The van der Waals surface area contributed by atoms with Crippen molar-refractivity contribution in [2.45, 2.75) is 18.2 Å². The molecule has 0 aliphatic carbocycles. The number of carbonyl (C=O) groups is 1. The van der Waals surface area contributed by atoms with Gasteiger partial charge < -0.3 is 5.32 Å². The molecule has 0 saturated heterocycles. The number of amides is 1. The largest absolute Gasteiger partial charge is 0.321 e. The van der Waals surface area contributed by atoms with Gasteiger partial charge in [-0.15, -0.1) is 0 Å². The maximum atomic E-state index is 13.0. The summed E-state index contributed by atoms with van der Waals surface area (Å²) in [6.07, 6.45) is 0.884. The van der Waals surface area contributed by atoms with Crippen LogP contribution in [0.1, 0.15) is 22.8 Å². The zero-order valence-electron chi connectivity index (χ0n) is 17.0. The normalized spacial score (nSPS) is 11.3. The van der Waals surface area contributed by atoms with Crippen LogP contribution >= 0.6 is 0 Å². The van der Waals surface area contributed by atoms with Crippen LogP contribution in [0.25, 0.3) is 10.8 Å². The van der Waals surface area contributed by atoms with Crippen LogP contribution in [-0.4, -0.2) is 14.3 Å². The Morgan fingerprint density at radius 2 is 1.58 bits per heavy atom. The van der Waals surface area contributed by atoms with E-state index in [1.165, 1.54) is 0 Å². The fourth-order valence-corrected chi connectivity index (χ4v) is 4.42. The van der Waals surface area contributed by atoms with Crippen LogP contribution in [0.3, 0.4) is 0 Å². The molecule has 1 amide bonds. The first-order valence-corrected chi connectivity index (χ1v) is 11.5. The lowest BCUT2D eigenvalue weighted by molar-refractivity contribution is 0.102. The van der Waals surface area contributed by atoms with Crippen molar-refractivity contribution in [2.24, 2.45) is 0 Å². The van der Waals surface area contributed by atoms with E-state index in [-0.39, 0.29) is 10.8 Å². The number of carbonyl (C=O) groups excluding carboxylic acids is 1. The molecule has 2 N–H and O–H groups in total. The molecule has 156 valence electrons. The van der Waals surface area contributed by atoms with Crippen LogP contribution in [-0.2, 0) is 16.4 Å². The van der Waals surface area contributed by atoms with E-state index < -0.39 is 10.0 Å². The molecule has 0 radical (unpaired) electrons. The van der Waals surface area contributed by atoms with Crippen molar-refractivity contribution in [2.75, 3.05) is 10.0 Å². The summed E-state index contributed by atoms with van der Waals surface area (Å²) in [6.45, 7) is 2.04. The average molecular weight is 431 g/mol. The van der Waals surface area contributed by atoms with E-state index in [0.717, 1.165) is 17.4 Å². The lowest BCUT2D eigenvalue weighted by atomic mass is 10.1. The number of rotatable bonds is 6. The summed E-state index contributed by atoms with van der Waals surface area (Å²) < 4.78 is 28.5. The molecule has 0 fully saturated rings. The standard InChI is InChI=1S/C25H22N2O3S/c1-2-18-11-14-21(15-12-18)27-31(29,30)22-16-13-19-9-6-10-24(23(19)17-22)26-25(28)20-7-4-3-5-8-20/h3-17,27H,2H2,1H3,(H,26,28). The van der Waals surface area contributed by atoms with Gasteiger partial charge in [0, 0.05) is 22.3 Å². The minimum Gasteiger partial charge on any atom is -0.321 e. The molecule has 0 unspecified atom stereocenters. The molecule has 5 nitrogen and oxygen atoms in total. The molecule has 0 atom stereocenters.